The molecule has 28 heteroatoms. The number of hydrogen-bond donors (Lipinski definition) is 9. The van der Waals surface area contributed by atoms with Crippen LogP contribution in [0.2, 0.25) is 0 Å². The van der Waals surface area contributed by atoms with Crippen LogP contribution in [0.15, 0.2) is 12.7 Å². The fraction of sp³-hybridized carbons (Fsp3) is 0.800. The first-order valence-corrected chi connectivity index (χ1v) is 28.2. The van der Waals surface area contributed by atoms with E-state index in [1.807, 2.05) is 6.92 Å². The highest BCUT2D eigenvalue weighted by Crippen LogP contribution is 2.61. The molecule has 2 amide bonds. The van der Waals surface area contributed by atoms with Gasteiger partial charge in [-0.05, 0) is 24.2 Å². The van der Waals surface area contributed by atoms with E-state index in [1.54, 1.807) is 0 Å². The molecule has 0 bridgehead atoms. The van der Waals surface area contributed by atoms with E-state index in [1.165, 1.54) is 52.4 Å². The summed E-state index contributed by atoms with van der Waals surface area (Å²) in [4.78, 5) is 89.0. The fourth-order valence-corrected chi connectivity index (χ4v) is 10.9. The van der Waals surface area contributed by atoms with Gasteiger partial charge >= 0.3 is 23.5 Å². The van der Waals surface area contributed by atoms with Crippen LogP contribution in [0.4, 0.5) is 5.82 Å². The van der Waals surface area contributed by atoms with E-state index in [0.717, 1.165) is 60.1 Å². The molecule has 24 nitrogen and oxygen atoms in total. The summed E-state index contributed by atoms with van der Waals surface area (Å²) < 4.78 is 62.5. The summed E-state index contributed by atoms with van der Waals surface area (Å²) in [5.41, 5.74) is 4.29. The van der Waals surface area contributed by atoms with E-state index in [-0.39, 0.29) is 47.5 Å². The number of nitrogens with one attached hydrogen (secondary N) is 2. The van der Waals surface area contributed by atoms with Crippen LogP contribution in [0.25, 0.3) is 11.2 Å². The molecule has 2 aromatic heterocycles. The molecule has 1 aliphatic rings. The number of nitrogens with zero attached hydrogens (tertiary/aromatic N) is 4. The Bertz CT molecular complexity index is 2080. The Labute approximate surface area is 401 Å². The van der Waals surface area contributed by atoms with Gasteiger partial charge in [-0.2, -0.15) is 4.31 Å². The molecule has 10 atom stereocenters. The third-order valence-electron chi connectivity index (χ3n) is 11.4. The van der Waals surface area contributed by atoms with E-state index in [2.05, 4.69) is 62.1 Å². The molecule has 1 fully saturated rings. The maximum atomic E-state index is 12.8. The van der Waals surface area contributed by atoms with Crippen LogP contribution in [0.5, 0.6) is 0 Å². The number of anilines is 1. The maximum absolute atomic E-state index is 12.8. The Balaban J connectivity index is 1.34. The van der Waals surface area contributed by atoms with E-state index in [9.17, 15) is 57.9 Å². The number of aromatic nitrogens is 4. The molecular weight excluding hydrogens is 975 g/mol. The number of carbonyl (C=O) groups excluding carboxylic acids is 3. The molecule has 390 valence electrons. The van der Waals surface area contributed by atoms with Crippen LogP contribution >= 0.6 is 35.2 Å². The first kappa shape index (κ1) is 59.9. The van der Waals surface area contributed by atoms with Crippen LogP contribution in [-0.4, -0.2) is 123 Å². The summed E-state index contributed by atoms with van der Waals surface area (Å²) in [6.45, 7) is 11.6. The lowest BCUT2D eigenvalue weighted by Crippen LogP contribution is -2.46. The van der Waals surface area contributed by atoms with Crippen molar-refractivity contribution in [1.82, 2.24) is 30.2 Å². The Morgan fingerprint density at radius 1 is 0.882 bits per heavy atom. The quantitative estimate of drug-likeness (QED) is 0.0353. The number of nitrogen functional groups attached to an aromatic ring is 1. The third kappa shape index (κ3) is 20.7. The summed E-state index contributed by atoms with van der Waals surface area (Å²) >= 11 is 1.16. The number of thioether (sulfide) groups is 1. The number of fused-ring (bicyclic) bond motifs is 1. The zero-order valence-electron chi connectivity index (χ0n) is 39.7. The number of phosphoric acid groups is 3. The molecule has 0 radical (unpaired) electrons. The van der Waals surface area contributed by atoms with Gasteiger partial charge in [-0.3, -0.25) is 32.5 Å². The second-order valence-corrected chi connectivity index (χ2v) is 23.9. The largest absolute Gasteiger partial charge is 0.481 e. The summed E-state index contributed by atoms with van der Waals surface area (Å²) in [5, 5.41) is 26.7. The number of amides is 2. The zero-order chi connectivity index (χ0) is 51.0. The van der Waals surface area contributed by atoms with Crippen molar-refractivity contribution < 1.29 is 80.5 Å². The maximum Gasteiger partial charge on any atom is 0.481 e. The minimum atomic E-state index is -5.58. The van der Waals surface area contributed by atoms with Crippen LogP contribution in [-0.2, 0) is 50.7 Å². The third-order valence-corrected chi connectivity index (χ3v) is 15.5. The predicted molar refractivity (Wildman–Crippen MR) is 251 cm³/mol. The number of aliphatic hydroxyl groups excluding tert-OH is 2. The highest BCUT2D eigenvalue weighted by atomic mass is 32.2. The molecule has 10 N–H and O–H groups in total. The van der Waals surface area contributed by atoms with Gasteiger partial charge in [0.15, 0.2) is 22.8 Å². The van der Waals surface area contributed by atoms with E-state index in [0.29, 0.717) is 11.7 Å². The minimum absolute atomic E-state index is 0.0330. The van der Waals surface area contributed by atoms with Gasteiger partial charge in [-0.1, -0.05) is 112 Å². The number of hydrogen-bond acceptors (Lipinski definition) is 18. The highest BCUT2D eigenvalue weighted by Gasteiger charge is 2.50. The number of nitrogens with two attached hydrogens (primary N) is 1. The Morgan fingerprint density at radius 2 is 1.49 bits per heavy atom. The van der Waals surface area contributed by atoms with Gasteiger partial charge in [-0.15, -0.1) is 0 Å². The predicted octanol–water partition coefficient (Wildman–Crippen LogP) is 4.74. The Hall–Kier alpha value is -2.44. The topological polar surface area (TPSA) is 364 Å². The summed E-state index contributed by atoms with van der Waals surface area (Å²) in [6.07, 6.45) is 3.58. The number of ether oxygens (including phenoxy) is 1. The molecule has 0 spiro atoms. The van der Waals surface area contributed by atoms with Gasteiger partial charge in [0.05, 0.1) is 19.5 Å². The lowest BCUT2D eigenvalue weighted by atomic mass is 9.87. The number of phosphoric ester groups is 3. The second-order valence-electron chi connectivity index (χ2n) is 18.5. The number of carbonyl (C=O) groups is 3. The van der Waals surface area contributed by atoms with Crippen molar-refractivity contribution in [1.29, 1.82) is 0 Å². The van der Waals surface area contributed by atoms with Crippen molar-refractivity contribution in [3.8, 4) is 0 Å². The number of imidazole rings is 1. The van der Waals surface area contributed by atoms with E-state index < -0.39 is 84.6 Å². The normalized spacial score (nSPS) is 21.5. The van der Waals surface area contributed by atoms with Gasteiger partial charge in [0.2, 0.25) is 11.8 Å². The summed E-state index contributed by atoms with van der Waals surface area (Å²) in [6, 6.07) is 0. The van der Waals surface area contributed by atoms with Crippen LogP contribution in [0, 0.1) is 29.1 Å². The molecule has 1 saturated heterocycles. The van der Waals surface area contributed by atoms with Gasteiger partial charge in [0, 0.05) is 36.6 Å². The van der Waals surface area contributed by atoms with Crippen molar-refractivity contribution in [3.05, 3.63) is 12.7 Å². The number of aliphatic hydroxyl groups is 2. The molecule has 68 heavy (non-hydrogen) atoms. The van der Waals surface area contributed by atoms with Gasteiger partial charge < -0.3 is 50.9 Å². The number of rotatable bonds is 32. The lowest BCUT2D eigenvalue weighted by Gasteiger charge is -2.30. The first-order chi connectivity index (χ1) is 31.6. The minimum Gasteiger partial charge on any atom is -0.386 e. The Kier molecular flexibility index (Phi) is 24.1. The molecule has 3 heterocycles. The lowest BCUT2D eigenvalue weighted by molar-refractivity contribution is -0.137. The molecule has 2 aromatic rings. The zero-order valence-corrected chi connectivity index (χ0v) is 43.2. The van der Waals surface area contributed by atoms with Crippen molar-refractivity contribution in [2.75, 3.05) is 37.8 Å². The summed E-state index contributed by atoms with van der Waals surface area (Å²) in [7, 11) is -16.4. The molecule has 0 aromatic carbocycles. The van der Waals surface area contributed by atoms with Crippen molar-refractivity contribution in [3.63, 3.8) is 0 Å². The fourth-order valence-electron chi connectivity index (χ4n) is 7.29. The molecule has 0 aliphatic carbocycles. The van der Waals surface area contributed by atoms with E-state index >= 15 is 0 Å². The van der Waals surface area contributed by atoms with Gasteiger partial charge in [0.25, 0.3) is 0 Å². The average Bonchev–Trinajstić information content (AvgIpc) is 3.80. The summed E-state index contributed by atoms with van der Waals surface area (Å²) in [5.74, 6) is 1.01. The molecule has 1 aliphatic heterocycles. The molecule has 2 unspecified atom stereocenters. The molecule has 3 rings (SSSR count). The van der Waals surface area contributed by atoms with Crippen molar-refractivity contribution in [2.24, 2.45) is 29.1 Å². The standard InChI is InChI=1S/C40H72N7O17P3S/c1-25(2)11-8-12-26(3)13-9-14-27(4)15-10-16-28(5)39(52)68-20-19-42-30(48)17-18-43-37(51)34(50)40(6,7)22-61-67(58,59)64-66(56,57)60-21-29-33(63-65(53,54)55)32(49)38(62-29)47-24-46-31-35(41)44-23-45-36(31)47/h23-29,32-34,38,49-50H,8-22H2,1-7H3,(H,42,48)(H,43,51)(H,56,57)(H,58,59)(H2,41,44,45)(H2,53,54,55)/t26-,27-,28+,29-,32-,33-,34+,38-/m1/s1. The van der Waals surface area contributed by atoms with Crippen LogP contribution < -0.4 is 16.4 Å². The smallest absolute Gasteiger partial charge is 0.386 e. The van der Waals surface area contributed by atoms with Gasteiger partial charge in [0.1, 0.15) is 36.3 Å². The second kappa shape index (κ2) is 27.4. The van der Waals surface area contributed by atoms with Crippen LogP contribution in [0.3, 0.4) is 0 Å². The SMILES string of the molecule is CC(C)CCC[C@@H](C)CCC[C@@H](C)CCC[C@H](C)C(=O)SCCNC(=O)CCNC(=O)[C@H](O)C(C)(C)COP(=O)(O)OP(=O)(O)OC[C@H]1O[C@@H](n2cnc3c(N)ncnc32)[C@H](O)[C@@H]1OP(=O)(O)O. The monoisotopic (exact) mass is 1050 g/mol. The van der Waals surface area contributed by atoms with Gasteiger partial charge in [-0.25, -0.2) is 28.6 Å². The highest BCUT2D eigenvalue weighted by molar-refractivity contribution is 8.13. The van der Waals surface area contributed by atoms with Crippen molar-refractivity contribution in [2.45, 2.75) is 143 Å². The van der Waals surface area contributed by atoms with Crippen LogP contribution in [0.1, 0.15) is 119 Å². The average molecular weight is 1050 g/mol. The molecular formula is C40H72N7O17P3S. The Morgan fingerprint density at radius 3 is 2.10 bits per heavy atom. The first-order valence-electron chi connectivity index (χ1n) is 22.7. The molecule has 0 saturated carbocycles. The van der Waals surface area contributed by atoms with E-state index in [4.69, 9.17) is 19.5 Å². The van der Waals surface area contributed by atoms with Crippen molar-refractivity contribution >= 4 is 69.1 Å².